The number of esters is 1. The van der Waals surface area contributed by atoms with Gasteiger partial charge < -0.3 is 10.1 Å². The Balaban J connectivity index is 0.00000324. The van der Waals surface area contributed by atoms with Crippen molar-refractivity contribution in [1.29, 1.82) is 0 Å². The van der Waals surface area contributed by atoms with Crippen molar-refractivity contribution in [3.8, 4) is 0 Å². The third kappa shape index (κ3) is 6.93. The van der Waals surface area contributed by atoms with E-state index in [4.69, 9.17) is 0 Å². The lowest BCUT2D eigenvalue weighted by molar-refractivity contribution is -0.137. The molecule has 1 unspecified atom stereocenters. The van der Waals surface area contributed by atoms with Crippen LogP contribution >= 0.6 is 24.2 Å². The van der Waals surface area contributed by atoms with Gasteiger partial charge in [0.15, 0.2) is 0 Å². The lowest BCUT2D eigenvalue weighted by Gasteiger charge is -2.10. The Hall–Kier alpha value is -0.600. The van der Waals surface area contributed by atoms with Gasteiger partial charge in [-0.25, -0.2) is 8.78 Å². The SMILES string of the molecule is COC(=O)CSCCNC(=O)C1CC(F)(F)CN1.Cl. The summed E-state index contributed by atoms with van der Waals surface area (Å²) in [6, 6.07) is -0.828. The van der Waals surface area contributed by atoms with E-state index >= 15 is 0 Å². The normalized spacial score (nSPS) is 20.5. The molecule has 0 saturated carbocycles. The minimum atomic E-state index is -2.80. The van der Waals surface area contributed by atoms with Crippen LogP contribution in [0.3, 0.4) is 0 Å². The number of carbonyl (C=O) groups is 2. The van der Waals surface area contributed by atoms with Gasteiger partial charge in [-0.1, -0.05) is 0 Å². The first-order chi connectivity index (χ1) is 8.44. The van der Waals surface area contributed by atoms with Gasteiger partial charge in [0.1, 0.15) is 0 Å². The maximum Gasteiger partial charge on any atom is 0.315 e. The molecule has 0 aromatic rings. The van der Waals surface area contributed by atoms with Crippen LogP contribution in [0.1, 0.15) is 6.42 Å². The van der Waals surface area contributed by atoms with Crippen LogP contribution in [-0.4, -0.2) is 55.5 Å². The van der Waals surface area contributed by atoms with Crippen LogP contribution in [0.5, 0.6) is 0 Å². The summed E-state index contributed by atoms with van der Waals surface area (Å²) in [6.07, 6.45) is -0.464. The average molecular weight is 319 g/mol. The number of halogens is 3. The molecule has 1 amide bonds. The van der Waals surface area contributed by atoms with Gasteiger partial charge in [-0.05, 0) is 0 Å². The molecule has 9 heteroatoms. The maximum absolute atomic E-state index is 12.8. The van der Waals surface area contributed by atoms with Crippen molar-refractivity contribution in [3.63, 3.8) is 0 Å². The topological polar surface area (TPSA) is 67.4 Å². The molecule has 0 spiro atoms. The lowest BCUT2D eigenvalue weighted by atomic mass is 10.2. The van der Waals surface area contributed by atoms with E-state index in [9.17, 15) is 18.4 Å². The second-order valence-electron chi connectivity index (χ2n) is 3.91. The average Bonchev–Trinajstić information content (AvgIpc) is 2.68. The fourth-order valence-corrected chi connectivity index (χ4v) is 2.16. The molecule has 19 heavy (non-hydrogen) atoms. The highest BCUT2D eigenvalue weighted by molar-refractivity contribution is 7.99. The number of amides is 1. The zero-order chi connectivity index (χ0) is 13.6. The summed E-state index contributed by atoms with van der Waals surface area (Å²) < 4.78 is 30.1. The number of nitrogens with one attached hydrogen (secondary N) is 2. The number of methoxy groups -OCH3 is 1. The standard InChI is InChI=1S/C10H16F2N2O3S.ClH/c1-17-8(15)5-18-3-2-13-9(16)7-4-10(11,12)6-14-7;/h7,14H,2-6H2,1H3,(H,13,16);1H. The van der Waals surface area contributed by atoms with Gasteiger partial charge >= 0.3 is 5.97 Å². The van der Waals surface area contributed by atoms with Crippen molar-refractivity contribution in [2.45, 2.75) is 18.4 Å². The Morgan fingerprint density at radius 2 is 2.21 bits per heavy atom. The van der Waals surface area contributed by atoms with Crippen LogP contribution in [-0.2, 0) is 14.3 Å². The van der Waals surface area contributed by atoms with Crippen LogP contribution in [0.15, 0.2) is 0 Å². The molecule has 0 aromatic heterocycles. The third-order valence-corrected chi connectivity index (χ3v) is 3.35. The Morgan fingerprint density at radius 3 is 2.74 bits per heavy atom. The Bertz CT molecular complexity index is 321. The predicted molar refractivity (Wildman–Crippen MR) is 71.0 cm³/mol. The maximum atomic E-state index is 12.8. The summed E-state index contributed by atoms with van der Waals surface area (Å²) in [5.41, 5.74) is 0. The van der Waals surface area contributed by atoms with Crippen molar-refractivity contribution in [2.24, 2.45) is 0 Å². The highest BCUT2D eigenvalue weighted by atomic mass is 35.5. The van der Waals surface area contributed by atoms with Crippen LogP contribution in [0.4, 0.5) is 8.78 Å². The number of rotatable bonds is 6. The fraction of sp³-hybridized carbons (Fsp3) is 0.800. The van der Waals surface area contributed by atoms with E-state index < -0.39 is 30.8 Å². The molecule has 1 fully saturated rings. The largest absolute Gasteiger partial charge is 0.468 e. The summed E-state index contributed by atoms with van der Waals surface area (Å²) in [5.74, 6) is -2.81. The smallest absolute Gasteiger partial charge is 0.315 e. The molecule has 1 atom stereocenters. The molecule has 0 bridgehead atoms. The van der Waals surface area contributed by atoms with Gasteiger partial charge in [0.25, 0.3) is 5.92 Å². The molecular formula is C10H17ClF2N2O3S. The zero-order valence-corrected chi connectivity index (χ0v) is 12.0. The lowest BCUT2D eigenvalue weighted by Crippen LogP contribution is -2.41. The van der Waals surface area contributed by atoms with Gasteiger partial charge in [-0.3, -0.25) is 14.9 Å². The van der Waals surface area contributed by atoms with E-state index in [1.807, 2.05) is 0 Å². The fourth-order valence-electron chi connectivity index (χ4n) is 1.48. The number of hydrogen-bond acceptors (Lipinski definition) is 5. The van der Waals surface area contributed by atoms with E-state index in [0.717, 1.165) is 0 Å². The van der Waals surface area contributed by atoms with Crippen LogP contribution in [0.25, 0.3) is 0 Å². The van der Waals surface area contributed by atoms with E-state index in [-0.39, 0.29) is 24.1 Å². The molecule has 5 nitrogen and oxygen atoms in total. The minimum absolute atomic E-state index is 0. The molecule has 0 aliphatic carbocycles. The van der Waals surface area contributed by atoms with Gasteiger partial charge in [0.2, 0.25) is 5.91 Å². The van der Waals surface area contributed by atoms with E-state index in [0.29, 0.717) is 12.3 Å². The van der Waals surface area contributed by atoms with Crippen molar-refractivity contribution in [3.05, 3.63) is 0 Å². The van der Waals surface area contributed by atoms with Crippen molar-refractivity contribution < 1.29 is 23.1 Å². The molecule has 112 valence electrons. The predicted octanol–water partition coefficient (Wildman–Crippen LogP) is 0.428. The summed E-state index contributed by atoms with van der Waals surface area (Å²) in [6.45, 7) is -0.119. The first-order valence-electron chi connectivity index (χ1n) is 5.48. The monoisotopic (exact) mass is 318 g/mol. The van der Waals surface area contributed by atoms with Gasteiger partial charge in [0, 0.05) is 18.7 Å². The van der Waals surface area contributed by atoms with E-state index in [1.165, 1.54) is 18.9 Å². The van der Waals surface area contributed by atoms with Crippen LogP contribution in [0, 0.1) is 0 Å². The van der Waals surface area contributed by atoms with Crippen LogP contribution < -0.4 is 10.6 Å². The molecule has 2 N–H and O–H groups in total. The Morgan fingerprint density at radius 1 is 1.53 bits per heavy atom. The van der Waals surface area contributed by atoms with Crippen molar-refractivity contribution in [1.82, 2.24) is 10.6 Å². The molecule has 1 aliphatic heterocycles. The molecule has 1 aliphatic rings. The number of alkyl halides is 2. The second-order valence-corrected chi connectivity index (χ2v) is 5.02. The van der Waals surface area contributed by atoms with E-state index in [1.54, 1.807) is 0 Å². The Labute approximate surface area is 120 Å². The quantitative estimate of drug-likeness (QED) is 0.549. The highest BCUT2D eigenvalue weighted by Gasteiger charge is 2.42. The first-order valence-corrected chi connectivity index (χ1v) is 6.63. The van der Waals surface area contributed by atoms with Crippen LogP contribution in [0.2, 0.25) is 0 Å². The third-order valence-electron chi connectivity index (χ3n) is 2.42. The first kappa shape index (κ1) is 18.4. The van der Waals surface area contributed by atoms with Crippen molar-refractivity contribution in [2.75, 3.05) is 31.7 Å². The molecular weight excluding hydrogens is 302 g/mol. The molecule has 1 saturated heterocycles. The summed E-state index contributed by atoms with van der Waals surface area (Å²) >= 11 is 1.31. The molecule has 1 heterocycles. The van der Waals surface area contributed by atoms with E-state index in [2.05, 4.69) is 15.4 Å². The summed E-state index contributed by atoms with van der Waals surface area (Å²) in [4.78, 5) is 22.2. The zero-order valence-electron chi connectivity index (χ0n) is 10.4. The second kappa shape index (κ2) is 8.55. The van der Waals surface area contributed by atoms with Crippen molar-refractivity contribution >= 4 is 36.0 Å². The summed E-state index contributed by atoms with van der Waals surface area (Å²) in [7, 11) is 1.30. The number of thioether (sulfide) groups is 1. The number of carbonyl (C=O) groups excluding carboxylic acids is 2. The minimum Gasteiger partial charge on any atom is -0.468 e. The van der Waals surface area contributed by atoms with Gasteiger partial charge in [0.05, 0.1) is 25.4 Å². The number of ether oxygens (including phenoxy) is 1. The number of hydrogen-bond donors (Lipinski definition) is 2. The van der Waals surface area contributed by atoms with Gasteiger partial charge in [-0.2, -0.15) is 0 Å². The molecule has 1 rings (SSSR count). The summed E-state index contributed by atoms with van der Waals surface area (Å²) in [5, 5.41) is 5.02. The van der Waals surface area contributed by atoms with Gasteiger partial charge in [-0.15, -0.1) is 24.2 Å². The molecule has 0 aromatic carbocycles. The molecule has 0 radical (unpaired) electrons. The highest BCUT2D eigenvalue weighted by Crippen LogP contribution is 2.24. The Kier molecular flexibility index (Phi) is 8.28.